The van der Waals surface area contributed by atoms with E-state index in [2.05, 4.69) is 16.9 Å². The maximum atomic E-state index is 5.36. The molecule has 0 radical (unpaired) electrons. The van der Waals surface area contributed by atoms with Crippen molar-refractivity contribution in [2.24, 2.45) is 0 Å². The number of thiocarbonyl (C=S) groups is 1. The monoisotopic (exact) mass is 276 g/mol. The summed E-state index contributed by atoms with van der Waals surface area (Å²) in [5, 5.41) is 5.50. The number of nitrogens with one attached hydrogen (secondary N) is 2. The lowest BCUT2D eigenvalue weighted by Gasteiger charge is -2.10. The van der Waals surface area contributed by atoms with Crippen LogP contribution in [-0.4, -0.2) is 19.3 Å². The predicted molar refractivity (Wildman–Crippen MR) is 80.1 cm³/mol. The van der Waals surface area contributed by atoms with E-state index < -0.39 is 0 Å². The van der Waals surface area contributed by atoms with Crippen LogP contribution in [0.3, 0.4) is 0 Å². The lowest BCUT2D eigenvalue weighted by Crippen LogP contribution is -2.32. The van der Waals surface area contributed by atoms with Gasteiger partial charge >= 0.3 is 0 Å². The highest BCUT2D eigenvalue weighted by Gasteiger charge is 2.03. The Bertz CT molecular complexity index is 587. The van der Waals surface area contributed by atoms with Crippen LogP contribution < -0.4 is 15.5 Å². The van der Waals surface area contributed by atoms with Gasteiger partial charge in [0.25, 0.3) is 0 Å². The number of fused-ring (bicyclic) bond motifs is 1. The summed E-state index contributed by atoms with van der Waals surface area (Å²) in [6.07, 6.45) is 0. The van der Waals surface area contributed by atoms with E-state index in [1.54, 1.807) is 14.2 Å². The van der Waals surface area contributed by atoms with Gasteiger partial charge in [0.05, 0.1) is 7.11 Å². The summed E-state index contributed by atoms with van der Waals surface area (Å²) in [6.45, 7) is 0.423. The Kier molecular flexibility index (Phi) is 4.54. The highest BCUT2D eigenvalue weighted by Crippen LogP contribution is 2.24. The molecule has 0 bridgehead atoms. The number of hydrogen-bond acceptors (Lipinski definition) is 3. The van der Waals surface area contributed by atoms with E-state index in [0.29, 0.717) is 11.7 Å². The number of methoxy groups -OCH3 is 1. The highest BCUT2D eigenvalue weighted by atomic mass is 32.1. The van der Waals surface area contributed by atoms with Gasteiger partial charge in [0.2, 0.25) is 0 Å². The first-order valence-electron chi connectivity index (χ1n) is 5.89. The van der Waals surface area contributed by atoms with Gasteiger partial charge in [-0.3, -0.25) is 4.84 Å². The second-order valence-corrected chi connectivity index (χ2v) is 4.38. The zero-order valence-corrected chi connectivity index (χ0v) is 11.7. The minimum atomic E-state index is 0.423. The molecule has 0 spiro atoms. The maximum absolute atomic E-state index is 5.36. The van der Waals surface area contributed by atoms with E-state index in [1.165, 1.54) is 0 Å². The molecule has 5 heteroatoms. The molecule has 0 amide bonds. The lowest BCUT2D eigenvalue weighted by atomic mass is 10.0. The Balaban J connectivity index is 2.19. The van der Waals surface area contributed by atoms with Crippen molar-refractivity contribution in [1.29, 1.82) is 0 Å². The summed E-state index contributed by atoms with van der Waals surface area (Å²) in [6, 6.07) is 12.1. The minimum Gasteiger partial charge on any atom is -0.497 e. The molecule has 100 valence electrons. The Morgan fingerprint density at radius 3 is 2.84 bits per heavy atom. The molecular weight excluding hydrogens is 260 g/mol. The standard InChI is InChI=1S/C14H16N2O2S/c1-15-14(19)16-18-9-11-5-3-4-10-6-7-12(17-2)8-13(10)11/h3-8H,9H2,1-2H3,(H2,15,16,19). The molecule has 0 saturated carbocycles. The molecule has 2 N–H and O–H groups in total. The topological polar surface area (TPSA) is 42.5 Å². The first-order chi connectivity index (χ1) is 9.24. The van der Waals surface area contributed by atoms with Crippen molar-refractivity contribution in [3.8, 4) is 5.75 Å². The summed E-state index contributed by atoms with van der Waals surface area (Å²) >= 11 is 4.94. The van der Waals surface area contributed by atoms with E-state index in [0.717, 1.165) is 22.1 Å². The Morgan fingerprint density at radius 2 is 2.11 bits per heavy atom. The van der Waals surface area contributed by atoms with Crippen molar-refractivity contribution in [1.82, 2.24) is 10.8 Å². The van der Waals surface area contributed by atoms with Crippen molar-refractivity contribution in [2.45, 2.75) is 6.61 Å². The van der Waals surface area contributed by atoms with Crippen molar-refractivity contribution in [2.75, 3.05) is 14.2 Å². The van der Waals surface area contributed by atoms with Gasteiger partial charge in [-0.25, -0.2) is 5.48 Å². The fraction of sp³-hybridized carbons (Fsp3) is 0.214. The van der Waals surface area contributed by atoms with Gasteiger partial charge in [0.1, 0.15) is 12.4 Å². The molecule has 0 fully saturated rings. The zero-order valence-electron chi connectivity index (χ0n) is 10.9. The van der Waals surface area contributed by atoms with E-state index in [9.17, 15) is 0 Å². The molecule has 0 saturated heterocycles. The quantitative estimate of drug-likeness (QED) is 0.663. The molecule has 0 aliphatic carbocycles. The minimum absolute atomic E-state index is 0.423. The molecule has 0 aliphatic rings. The van der Waals surface area contributed by atoms with Crippen LogP contribution in [0.25, 0.3) is 10.8 Å². The van der Waals surface area contributed by atoms with Gasteiger partial charge in [-0.2, -0.15) is 0 Å². The third kappa shape index (κ3) is 3.33. The van der Waals surface area contributed by atoms with Crippen molar-refractivity contribution in [3.63, 3.8) is 0 Å². The first kappa shape index (κ1) is 13.6. The van der Waals surface area contributed by atoms with Crippen molar-refractivity contribution in [3.05, 3.63) is 42.0 Å². The van der Waals surface area contributed by atoms with Crippen molar-refractivity contribution >= 4 is 28.1 Å². The third-order valence-corrected chi connectivity index (χ3v) is 3.09. The number of rotatable bonds is 4. The van der Waals surface area contributed by atoms with Crippen LogP contribution in [0, 0.1) is 0 Å². The number of hydrogen-bond donors (Lipinski definition) is 2. The summed E-state index contributed by atoms with van der Waals surface area (Å²) < 4.78 is 5.25. The van der Waals surface area contributed by atoms with Gasteiger partial charge in [0, 0.05) is 7.05 Å². The van der Waals surface area contributed by atoms with Gasteiger partial charge in [-0.15, -0.1) is 0 Å². The molecule has 19 heavy (non-hydrogen) atoms. The Hall–Kier alpha value is -1.85. The van der Waals surface area contributed by atoms with Crippen LogP contribution in [0.4, 0.5) is 0 Å². The fourth-order valence-electron chi connectivity index (χ4n) is 1.80. The molecule has 2 aromatic carbocycles. The molecule has 2 aromatic rings. The van der Waals surface area contributed by atoms with Gasteiger partial charge in [0.15, 0.2) is 5.11 Å². The molecule has 2 rings (SSSR count). The molecular formula is C14H16N2O2S. The van der Waals surface area contributed by atoms with Crippen LogP contribution in [0.5, 0.6) is 5.75 Å². The Morgan fingerprint density at radius 1 is 1.26 bits per heavy atom. The van der Waals surface area contributed by atoms with Crippen molar-refractivity contribution < 1.29 is 9.57 Å². The number of hydroxylamine groups is 1. The molecule has 0 heterocycles. The summed E-state index contributed by atoms with van der Waals surface area (Å²) in [5.41, 5.74) is 3.74. The summed E-state index contributed by atoms with van der Waals surface area (Å²) in [5.74, 6) is 0.832. The smallest absolute Gasteiger partial charge is 0.190 e. The second kappa shape index (κ2) is 6.36. The van der Waals surface area contributed by atoms with Crippen LogP contribution in [0.1, 0.15) is 5.56 Å². The first-order valence-corrected chi connectivity index (χ1v) is 6.30. The third-order valence-electron chi connectivity index (χ3n) is 2.80. The lowest BCUT2D eigenvalue weighted by molar-refractivity contribution is 0.0717. The molecule has 0 aromatic heterocycles. The average molecular weight is 276 g/mol. The van der Waals surface area contributed by atoms with Crippen LogP contribution in [0.15, 0.2) is 36.4 Å². The largest absolute Gasteiger partial charge is 0.497 e. The summed E-state index contributed by atoms with van der Waals surface area (Å²) in [7, 11) is 3.40. The zero-order chi connectivity index (χ0) is 13.7. The maximum Gasteiger partial charge on any atom is 0.190 e. The normalized spacial score (nSPS) is 10.2. The second-order valence-electron chi connectivity index (χ2n) is 3.97. The fourth-order valence-corrected chi connectivity index (χ4v) is 1.86. The van der Waals surface area contributed by atoms with Gasteiger partial charge < -0.3 is 10.1 Å². The van der Waals surface area contributed by atoms with Crippen LogP contribution >= 0.6 is 12.2 Å². The average Bonchev–Trinajstić information content (AvgIpc) is 2.46. The van der Waals surface area contributed by atoms with Gasteiger partial charge in [-0.05, 0) is 40.7 Å². The molecule has 4 nitrogen and oxygen atoms in total. The van der Waals surface area contributed by atoms with Gasteiger partial charge in [-0.1, -0.05) is 24.3 Å². The number of ether oxygens (including phenoxy) is 1. The van der Waals surface area contributed by atoms with Crippen LogP contribution in [0.2, 0.25) is 0 Å². The molecule has 0 atom stereocenters. The predicted octanol–water partition coefficient (Wildman–Crippen LogP) is 2.37. The SMILES string of the molecule is CNC(=S)NOCc1cccc2ccc(OC)cc12. The van der Waals surface area contributed by atoms with E-state index in [-0.39, 0.29) is 0 Å². The van der Waals surface area contributed by atoms with Crippen LogP contribution in [-0.2, 0) is 11.4 Å². The summed E-state index contributed by atoms with van der Waals surface area (Å²) in [4.78, 5) is 5.36. The molecule has 0 unspecified atom stereocenters. The van der Waals surface area contributed by atoms with E-state index in [4.69, 9.17) is 21.8 Å². The number of benzene rings is 2. The Labute approximate surface area is 117 Å². The highest BCUT2D eigenvalue weighted by molar-refractivity contribution is 7.80. The van der Waals surface area contributed by atoms with E-state index >= 15 is 0 Å². The molecule has 0 aliphatic heterocycles. The van der Waals surface area contributed by atoms with E-state index in [1.807, 2.05) is 30.3 Å².